The molecule has 28 heavy (non-hydrogen) atoms. The summed E-state index contributed by atoms with van der Waals surface area (Å²) >= 11 is 1.54. The lowest BCUT2D eigenvalue weighted by Crippen LogP contribution is -2.27. The fraction of sp³-hybridized carbons (Fsp3) is 0.200. The summed E-state index contributed by atoms with van der Waals surface area (Å²) in [5.74, 6) is -0.117. The second-order valence-corrected chi connectivity index (χ2v) is 6.92. The van der Waals surface area contributed by atoms with E-state index >= 15 is 0 Å². The minimum atomic E-state index is -0.534. The molecule has 0 aliphatic rings. The highest BCUT2D eigenvalue weighted by atomic mass is 32.1. The van der Waals surface area contributed by atoms with Gasteiger partial charge in [-0.2, -0.15) is 0 Å². The molecule has 0 fully saturated rings. The molecule has 1 N–H and O–H groups in total. The Morgan fingerprint density at radius 1 is 1.32 bits per heavy atom. The van der Waals surface area contributed by atoms with Crippen LogP contribution in [0.4, 0.5) is 5.69 Å². The van der Waals surface area contributed by atoms with Crippen LogP contribution >= 0.6 is 11.3 Å². The Balaban J connectivity index is 1.84. The van der Waals surface area contributed by atoms with E-state index in [0.717, 1.165) is 16.1 Å². The van der Waals surface area contributed by atoms with Crippen molar-refractivity contribution in [1.82, 2.24) is 10.3 Å². The monoisotopic (exact) mass is 397 g/mol. The summed E-state index contributed by atoms with van der Waals surface area (Å²) in [5, 5.41) is 16.8. The topological polar surface area (TPSA) is 94.4 Å². The first-order valence-electron chi connectivity index (χ1n) is 8.71. The lowest BCUT2D eigenvalue weighted by atomic mass is 10.0. The number of benzene rings is 2. The van der Waals surface area contributed by atoms with Gasteiger partial charge in [-0.15, -0.1) is 11.3 Å². The van der Waals surface area contributed by atoms with Gasteiger partial charge in [-0.1, -0.05) is 18.2 Å². The van der Waals surface area contributed by atoms with Crippen molar-refractivity contribution in [2.75, 3.05) is 6.61 Å². The summed E-state index contributed by atoms with van der Waals surface area (Å²) < 4.78 is 5.46. The molecule has 0 saturated heterocycles. The highest BCUT2D eigenvalue weighted by Crippen LogP contribution is 2.27. The van der Waals surface area contributed by atoms with E-state index < -0.39 is 10.8 Å². The number of nitrogens with one attached hydrogen (secondary N) is 1. The van der Waals surface area contributed by atoms with Crippen molar-refractivity contribution in [3.8, 4) is 16.3 Å². The van der Waals surface area contributed by atoms with Crippen LogP contribution in [-0.4, -0.2) is 22.4 Å². The molecule has 1 unspecified atom stereocenters. The number of carbonyl (C=O) groups excluding carboxylic acids is 1. The third-order valence-corrected chi connectivity index (χ3v) is 4.95. The molecule has 1 amide bonds. The molecule has 0 saturated carbocycles. The molecule has 0 aliphatic carbocycles. The zero-order chi connectivity index (χ0) is 20.1. The van der Waals surface area contributed by atoms with Crippen LogP contribution in [0.1, 0.15) is 35.8 Å². The lowest BCUT2D eigenvalue weighted by molar-refractivity contribution is -0.384. The number of hydrogen-bond donors (Lipinski definition) is 1. The number of amides is 1. The molecule has 3 aromatic rings. The molecular formula is C20H19N3O4S. The van der Waals surface area contributed by atoms with Gasteiger partial charge in [0.15, 0.2) is 0 Å². The van der Waals surface area contributed by atoms with E-state index in [0.29, 0.717) is 12.4 Å². The van der Waals surface area contributed by atoms with Crippen LogP contribution in [-0.2, 0) is 0 Å². The number of thiazole rings is 1. The zero-order valence-corrected chi connectivity index (χ0v) is 16.2. The number of carbonyl (C=O) groups is 1. The zero-order valence-electron chi connectivity index (χ0n) is 15.4. The van der Waals surface area contributed by atoms with Gasteiger partial charge >= 0.3 is 0 Å². The Morgan fingerprint density at radius 2 is 2.14 bits per heavy atom. The average Bonchev–Trinajstić information content (AvgIpc) is 3.23. The maximum Gasteiger partial charge on any atom is 0.270 e. The summed E-state index contributed by atoms with van der Waals surface area (Å²) in [6.45, 7) is 4.00. The summed E-state index contributed by atoms with van der Waals surface area (Å²) in [6.07, 6.45) is 1.75. The van der Waals surface area contributed by atoms with Gasteiger partial charge < -0.3 is 10.1 Å². The molecule has 1 aromatic heterocycles. The van der Waals surface area contributed by atoms with Gasteiger partial charge in [0, 0.05) is 29.3 Å². The molecule has 0 radical (unpaired) electrons. The highest BCUT2D eigenvalue weighted by Gasteiger charge is 2.20. The van der Waals surface area contributed by atoms with Crippen molar-refractivity contribution >= 4 is 22.9 Å². The quantitative estimate of drug-likeness (QED) is 0.464. The predicted molar refractivity (Wildman–Crippen MR) is 108 cm³/mol. The van der Waals surface area contributed by atoms with E-state index in [9.17, 15) is 14.9 Å². The molecule has 8 heteroatoms. The Labute approximate surface area is 166 Å². The number of nitrogens with zero attached hydrogens (tertiary/aromatic N) is 2. The van der Waals surface area contributed by atoms with E-state index in [-0.39, 0.29) is 17.3 Å². The van der Waals surface area contributed by atoms with Gasteiger partial charge in [0.2, 0.25) is 0 Å². The summed E-state index contributed by atoms with van der Waals surface area (Å²) in [6, 6.07) is 11.5. The number of rotatable bonds is 7. The first kappa shape index (κ1) is 19.5. The van der Waals surface area contributed by atoms with Gasteiger partial charge in [0.1, 0.15) is 10.8 Å². The normalized spacial score (nSPS) is 11.6. The van der Waals surface area contributed by atoms with Crippen molar-refractivity contribution in [2.45, 2.75) is 19.9 Å². The number of hydrogen-bond acceptors (Lipinski definition) is 6. The van der Waals surface area contributed by atoms with Crippen LogP contribution in [0.5, 0.6) is 5.75 Å². The van der Waals surface area contributed by atoms with Gasteiger partial charge in [-0.3, -0.25) is 14.9 Å². The van der Waals surface area contributed by atoms with E-state index in [4.69, 9.17) is 4.74 Å². The van der Waals surface area contributed by atoms with Gasteiger partial charge in [-0.05, 0) is 31.5 Å². The minimum absolute atomic E-state index is 0.138. The van der Waals surface area contributed by atoms with E-state index in [1.54, 1.807) is 24.5 Å². The first-order chi connectivity index (χ1) is 13.5. The Bertz CT molecular complexity index is 989. The van der Waals surface area contributed by atoms with E-state index in [1.165, 1.54) is 18.2 Å². The van der Waals surface area contributed by atoms with Crippen LogP contribution in [0, 0.1) is 10.1 Å². The highest BCUT2D eigenvalue weighted by molar-refractivity contribution is 7.13. The largest absolute Gasteiger partial charge is 0.493 e. The predicted octanol–water partition coefficient (Wildman–Crippen LogP) is 4.61. The van der Waals surface area contributed by atoms with Crippen molar-refractivity contribution in [1.29, 1.82) is 0 Å². The maximum absolute atomic E-state index is 12.8. The van der Waals surface area contributed by atoms with Crippen LogP contribution in [0.2, 0.25) is 0 Å². The third kappa shape index (κ3) is 4.34. The van der Waals surface area contributed by atoms with Crippen molar-refractivity contribution < 1.29 is 14.5 Å². The molecule has 0 bridgehead atoms. The van der Waals surface area contributed by atoms with Gasteiger partial charge in [0.05, 0.1) is 23.1 Å². The molecule has 1 atom stereocenters. The summed E-state index contributed by atoms with van der Waals surface area (Å²) in [4.78, 5) is 27.6. The minimum Gasteiger partial charge on any atom is -0.493 e. The van der Waals surface area contributed by atoms with E-state index in [1.807, 2.05) is 36.6 Å². The molecule has 2 aromatic carbocycles. The molecule has 144 valence electrons. The average molecular weight is 397 g/mol. The molecule has 0 spiro atoms. The van der Waals surface area contributed by atoms with Crippen LogP contribution in [0.25, 0.3) is 10.6 Å². The third-order valence-electron chi connectivity index (χ3n) is 4.13. The fourth-order valence-electron chi connectivity index (χ4n) is 2.76. The van der Waals surface area contributed by atoms with Crippen molar-refractivity contribution in [3.63, 3.8) is 0 Å². The lowest BCUT2D eigenvalue weighted by Gasteiger charge is -2.16. The smallest absolute Gasteiger partial charge is 0.270 e. The SMILES string of the molecule is CCOc1ccc([N+](=O)[O-])cc1C(=O)NC(C)c1cccc(-c2nccs2)c1. The molecule has 0 aliphatic heterocycles. The summed E-state index contributed by atoms with van der Waals surface area (Å²) in [5.41, 5.74) is 1.86. The van der Waals surface area contributed by atoms with Gasteiger partial charge in [0.25, 0.3) is 11.6 Å². The fourth-order valence-corrected chi connectivity index (χ4v) is 3.39. The van der Waals surface area contributed by atoms with Crippen molar-refractivity contribution in [3.05, 3.63) is 75.3 Å². The van der Waals surface area contributed by atoms with Gasteiger partial charge in [-0.25, -0.2) is 4.98 Å². The standard InChI is InChI=1S/C20H19N3O4S/c1-3-27-18-8-7-16(23(25)26)12-17(18)19(24)22-13(2)14-5-4-6-15(11-14)20-21-9-10-28-20/h4-13H,3H2,1-2H3,(H,22,24). The molecular weight excluding hydrogens is 378 g/mol. The Hall–Kier alpha value is -3.26. The number of non-ortho nitro benzene ring substituents is 1. The maximum atomic E-state index is 12.8. The Kier molecular flexibility index (Phi) is 6.00. The molecule has 7 nitrogen and oxygen atoms in total. The van der Waals surface area contributed by atoms with Crippen LogP contribution < -0.4 is 10.1 Å². The number of nitro groups is 1. The molecule has 3 rings (SSSR count). The second-order valence-electron chi connectivity index (χ2n) is 6.03. The number of ether oxygens (including phenoxy) is 1. The van der Waals surface area contributed by atoms with E-state index in [2.05, 4.69) is 10.3 Å². The van der Waals surface area contributed by atoms with Crippen LogP contribution in [0.3, 0.4) is 0 Å². The van der Waals surface area contributed by atoms with Crippen LogP contribution in [0.15, 0.2) is 54.0 Å². The number of nitro benzene ring substituents is 1. The van der Waals surface area contributed by atoms with Crippen molar-refractivity contribution in [2.24, 2.45) is 0 Å². The Morgan fingerprint density at radius 3 is 2.82 bits per heavy atom. The number of aromatic nitrogens is 1. The summed E-state index contributed by atoms with van der Waals surface area (Å²) in [7, 11) is 0. The first-order valence-corrected chi connectivity index (χ1v) is 9.59. The molecule has 1 heterocycles. The second kappa shape index (κ2) is 8.62.